The predicted molar refractivity (Wildman–Crippen MR) is 74.7 cm³/mol. The van der Waals surface area contributed by atoms with Crippen molar-refractivity contribution in [3.8, 4) is 0 Å². The van der Waals surface area contributed by atoms with Crippen LogP contribution in [0.4, 0.5) is 0 Å². The average Bonchev–Trinajstić information content (AvgIpc) is 2.47. The standard InChI is InChI=1S/C14H16N2O6/c15-10(7-12(18)19)13(20)16(8-17)11(14(21)22)6-9-4-2-1-3-5-9/h1-5,8,10-11H,6-7,15H2,(H,18,19)(H,21,22). The van der Waals surface area contributed by atoms with Crippen molar-refractivity contribution in [1.29, 1.82) is 0 Å². The molecule has 1 aromatic carbocycles. The van der Waals surface area contributed by atoms with E-state index in [4.69, 9.17) is 10.8 Å². The van der Waals surface area contributed by atoms with Gasteiger partial charge in [0.05, 0.1) is 12.5 Å². The Hall–Kier alpha value is -2.74. The van der Waals surface area contributed by atoms with Gasteiger partial charge in [0.2, 0.25) is 12.3 Å². The van der Waals surface area contributed by atoms with Gasteiger partial charge < -0.3 is 15.9 Å². The van der Waals surface area contributed by atoms with Gasteiger partial charge in [-0.25, -0.2) is 4.79 Å². The second-order valence-electron chi connectivity index (χ2n) is 4.60. The van der Waals surface area contributed by atoms with E-state index in [1.54, 1.807) is 30.3 Å². The van der Waals surface area contributed by atoms with E-state index in [1.807, 2.05) is 0 Å². The summed E-state index contributed by atoms with van der Waals surface area (Å²) in [5.74, 6) is -3.74. The molecule has 118 valence electrons. The highest BCUT2D eigenvalue weighted by molar-refractivity contribution is 5.96. The summed E-state index contributed by atoms with van der Waals surface area (Å²) >= 11 is 0. The molecule has 0 heterocycles. The molecule has 8 nitrogen and oxygen atoms in total. The Balaban J connectivity index is 2.95. The summed E-state index contributed by atoms with van der Waals surface area (Å²) in [6.07, 6.45) is -0.729. The zero-order valence-electron chi connectivity index (χ0n) is 11.6. The van der Waals surface area contributed by atoms with Crippen molar-refractivity contribution in [2.45, 2.75) is 24.9 Å². The van der Waals surface area contributed by atoms with E-state index in [-0.39, 0.29) is 12.8 Å². The third kappa shape index (κ3) is 4.67. The number of carbonyl (C=O) groups is 4. The SMILES string of the molecule is NC(CC(=O)O)C(=O)N(C=O)C(Cc1ccccc1)C(=O)O. The van der Waals surface area contributed by atoms with Gasteiger partial charge in [0.1, 0.15) is 6.04 Å². The molecule has 0 aliphatic rings. The van der Waals surface area contributed by atoms with E-state index in [0.29, 0.717) is 10.5 Å². The van der Waals surface area contributed by atoms with E-state index >= 15 is 0 Å². The summed E-state index contributed by atoms with van der Waals surface area (Å²) in [6.45, 7) is 0. The molecule has 2 atom stereocenters. The lowest BCUT2D eigenvalue weighted by atomic mass is 10.0. The van der Waals surface area contributed by atoms with Crippen molar-refractivity contribution in [3.63, 3.8) is 0 Å². The van der Waals surface area contributed by atoms with Crippen molar-refractivity contribution < 1.29 is 29.4 Å². The van der Waals surface area contributed by atoms with Gasteiger partial charge in [-0.1, -0.05) is 30.3 Å². The second kappa shape index (κ2) is 7.89. The van der Waals surface area contributed by atoms with Crippen LogP contribution in [-0.2, 0) is 25.6 Å². The molecule has 4 N–H and O–H groups in total. The minimum absolute atomic E-state index is 0.0613. The van der Waals surface area contributed by atoms with Crippen LogP contribution in [0.1, 0.15) is 12.0 Å². The highest BCUT2D eigenvalue weighted by Gasteiger charge is 2.33. The van der Waals surface area contributed by atoms with Crippen molar-refractivity contribution >= 4 is 24.3 Å². The number of carboxylic acids is 2. The van der Waals surface area contributed by atoms with Gasteiger partial charge in [-0.2, -0.15) is 0 Å². The molecular weight excluding hydrogens is 292 g/mol. The number of nitrogens with zero attached hydrogens (tertiary/aromatic N) is 1. The molecule has 0 aliphatic heterocycles. The number of carboxylic acid groups (broad SMARTS) is 2. The summed E-state index contributed by atoms with van der Waals surface area (Å²) < 4.78 is 0. The Morgan fingerprint density at radius 1 is 1.18 bits per heavy atom. The lowest BCUT2D eigenvalue weighted by Crippen LogP contribution is -2.52. The lowest BCUT2D eigenvalue weighted by Gasteiger charge is -2.25. The number of nitrogens with two attached hydrogens (primary N) is 1. The molecule has 1 aromatic rings. The number of aliphatic carboxylic acids is 2. The van der Waals surface area contributed by atoms with Crippen LogP contribution in [0.2, 0.25) is 0 Å². The zero-order valence-corrected chi connectivity index (χ0v) is 11.6. The molecule has 2 unspecified atom stereocenters. The van der Waals surface area contributed by atoms with Gasteiger partial charge in [-0.05, 0) is 5.56 Å². The van der Waals surface area contributed by atoms with E-state index < -0.39 is 36.4 Å². The number of hydrogen-bond acceptors (Lipinski definition) is 5. The van der Waals surface area contributed by atoms with E-state index in [1.165, 1.54) is 0 Å². The third-order valence-corrected chi connectivity index (χ3v) is 2.97. The van der Waals surface area contributed by atoms with Gasteiger partial charge in [0, 0.05) is 6.42 Å². The minimum atomic E-state index is -1.49. The van der Waals surface area contributed by atoms with Gasteiger partial charge in [0.15, 0.2) is 0 Å². The largest absolute Gasteiger partial charge is 0.481 e. The molecular formula is C14H16N2O6. The topological polar surface area (TPSA) is 138 Å². The first-order valence-electron chi connectivity index (χ1n) is 6.38. The van der Waals surface area contributed by atoms with Crippen LogP contribution in [-0.4, -0.2) is 51.5 Å². The van der Waals surface area contributed by atoms with Crippen LogP contribution in [0, 0.1) is 0 Å². The maximum absolute atomic E-state index is 12.0. The monoisotopic (exact) mass is 308 g/mol. The Morgan fingerprint density at radius 3 is 2.23 bits per heavy atom. The normalized spacial score (nSPS) is 13.0. The number of benzene rings is 1. The summed E-state index contributed by atoms with van der Waals surface area (Å²) in [5.41, 5.74) is 6.01. The molecule has 2 amide bonds. The molecule has 1 rings (SSSR count). The first-order chi connectivity index (χ1) is 10.4. The van der Waals surface area contributed by atoms with Crippen LogP contribution in [0.5, 0.6) is 0 Å². The average molecular weight is 308 g/mol. The van der Waals surface area contributed by atoms with E-state index in [0.717, 1.165) is 0 Å². The quantitative estimate of drug-likeness (QED) is 0.549. The first-order valence-corrected chi connectivity index (χ1v) is 6.38. The Bertz CT molecular complexity index is 560. The fourth-order valence-corrected chi connectivity index (χ4v) is 1.89. The van der Waals surface area contributed by atoms with Crippen LogP contribution in [0.25, 0.3) is 0 Å². The van der Waals surface area contributed by atoms with Crippen LogP contribution in [0.15, 0.2) is 30.3 Å². The van der Waals surface area contributed by atoms with Crippen LogP contribution < -0.4 is 5.73 Å². The third-order valence-electron chi connectivity index (χ3n) is 2.97. The second-order valence-corrected chi connectivity index (χ2v) is 4.60. The van der Waals surface area contributed by atoms with Crippen molar-refractivity contribution in [2.24, 2.45) is 5.73 Å². The number of imide groups is 1. The van der Waals surface area contributed by atoms with Gasteiger partial charge >= 0.3 is 11.9 Å². The fraction of sp³-hybridized carbons (Fsp3) is 0.286. The summed E-state index contributed by atoms with van der Waals surface area (Å²) in [6, 6.07) is 5.49. The Morgan fingerprint density at radius 2 is 1.77 bits per heavy atom. The smallest absolute Gasteiger partial charge is 0.327 e. The van der Waals surface area contributed by atoms with Gasteiger partial charge in [0.25, 0.3) is 0 Å². The molecule has 0 aromatic heterocycles. The zero-order chi connectivity index (χ0) is 16.7. The molecule has 0 bridgehead atoms. The molecule has 8 heteroatoms. The molecule has 0 radical (unpaired) electrons. The maximum Gasteiger partial charge on any atom is 0.327 e. The molecule has 0 saturated carbocycles. The number of amides is 2. The first kappa shape index (κ1) is 17.3. The molecule has 22 heavy (non-hydrogen) atoms. The number of rotatable bonds is 8. The van der Waals surface area contributed by atoms with Crippen molar-refractivity contribution in [1.82, 2.24) is 4.90 Å². The minimum Gasteiger partial charge on any atom is -0.481 e. The predicted octanol–water partition coefficient (Wildman–Crippen LogP) is -0.531. The van der Waals surface area contributed by atoms with Crippen molar-refractivity contribution in [2.75, 3.05) is 0 Å². The van der Waals surface area contributed by atoms with Gasteiger partial charge in [-0.15, -0.1) is 0 Å². The summed E-state index contributed by atoms with van der Waals surface area (Å²) in [5, 5.41) is 17.9. The number of carbonyl (C=O) groups excluding carboxylic acids is 2. The Labute approximate surface area is 126 Å². The van der Waals surface area contributed by atoms with Crippen LogP contribution in [0.3, 0.4) is 0 Å². The van der Waals surface area contributed by atoms with Crippen LogP contribution >= 0.6 is 0 Å². The summed E-state index contributed by atoms with van der Waals surface area (Å²) in [4.78, 5) is 45.4. The number of hydrogen-bond donors (Lipinski definition) is 3. The van der Waals surface area contributed by atoms with E-state index in [2.05, 4.69) is 0 Å². The summed E-state index contributed by atoms with van der Waals surface area (Å²) in [7, 11) is 0. The van der Waals surface area contributed by atoms with Crippen molar-refractivity contribution in [3.05, 3.63) is 35.9 Å². The maximum atomic E-state index is 12.0. The molecule has 0 fully saturated rings. The Kier molecular flexibility index (Phi) is 6.21. The highest BCUT2D eigenvalue weighted by atomic mass is 16.4. The fourth-order valence-electron chi connectivity index (χ4n) is 1.89. The van der Waals surface area contributed by atoms with Gasteiger partial charge in [-0.3, -0.25) is 19.3 Å². The molecule has 0 saturated heterocycles. The lowest BCUT2D eigenvalue weighted by molar-refractivity contribution is -0.155. The molecule has 0 spiro atoms. The highest BCUT2D eigenvalue weighted by Crippen LogP contribution is 2.10. The van der Waals surface area contributed by atoms with E-state index in [9.17, 15) is 24.3 Å². The molecule has 0 aliphatic carbocycles.